The quantitative estimate of drug-likeness (QED) is 0.696. The van der Waals surface area contributed by atoms with Crippen LogP contribution in [0.1, 0.15) is 43.6 Å². The number of anilines is 1. The number of hydrogen-bond acceptors (Lipinski definition) is 1. The molecular formula is C10H18N2. The summed E-state index contributed by atoms with van der Waals surface area (Å²) in [6.07, 6.45) is 0.986. The van der Waals surface area contributed by atoms with Gasteiger partial charge in [-0.05, 0) is 24.8 Å². The van der Waals surface area contributed by atoms with Crippen LogP contribution in [-0.4, -0.2) is 4.98 Å². The SMILES string of the molecule is CCc1[nH]c(C(C)C)c(C)c1N. The fraction of sp³-hybridized carbons (Fsp3) is 0.600. The van der Waals surface area contributed by atoms with Crippen LogP contribution in [0.4, 0.5) is 5.69 Å². The van der Waals surface area contributed by atoms with Gasteiger partial charge in [0.1, 0.15) is 0 Å². The molecule has 0 unspecified atom stereocenters. The minimum Gasteiger partial charge on any atom is -0.397 e. The molecule has 0 atom stereocenters. The van der Waals surface area contributed by atoms with E-state index in [-0.39, 0.29) is 0 Å². The van der Waals surface area contributed by atoms with Gasteiger partial charge in [0.15, 0.2) is 0 Å². The molecular weight excluding hydrogens is 148 g/mol. The minimum absolute atomic E-state index is 0.535. The molecule has 0 aliphatic carbocycles. The molecule has 0 amide bonds. The number of nitrogens with two attached hydrogens (primary N) is 1. The molecule has 0 aromatic carbocycles. The van der Waals surface area contributed by atoms with E-state index in [1.165, 1.54) is 17.0 Å². The van der Waals surface area contributed by atoms with Gasteiger partial charge in [-0.25, -0.2) is 0 Å². The van der Waals surface area contributed by atoms with E-state index in [2.05, 4.69) is 32.7 Å². The summed E-state index contributed by atoms with van der Waals surface area (Å²) in [7, 11) is 0. The number of nitrogens with one attached hydrogen (secondary N) is 1. The number of H-pyrrole nitrogens is 1. The van der Waals surface area contributed by atoms with E-state index in [1.807, 2.05) is 0 Å². The number of aromatic nitrogens is 1. The molecule has 0 radical (unpaired) electrons. The largest absolute Gasteiger partial charge is 0.397 e. The second-order valence-corrected chi connectivity index (χ2v) is 3.56. The van der Waals surface area contributed by atoms with Crippen molar-refractivity contribution < 1.29 is 0 Å². The summed E-state index contributed by atoms with van der Waals surface area (Å²) in [4.78, 5) is 3.37. The van der Waals surface area contributed by atoms with Gasteiger partial charge in [0.05, 0.1) is 5.69 Å². The lowest BCUT2D eigenvalue weighted by molar-refractivity contribution is 0.816. The molecule has 1 rings (SSSR count). The molecule has 0 aliphatic heterocycles. The van der Waals surface area contributed by atoms with Gasteiger partial charge in [-0.3, -0.25) is 0 Å². The van der Waals surface area contributed by atoms with E-state index < -0.39 is 0 Å². The second-order valence-electron chi connectivity index (χ2n) is 3.56. The van der Waals surface area contributed by atoms with E-state index >= 15 is 0 Å². The first-order valence-electron chi connectivity index (χ1n) is 4.54. The first kappa shape index (κ1) is 9.17. The molecule has 0 fully saturated rings. The average molecular weight is 166 g/mol. The average Bonchev–Trinajstić information content (AvgIpc) is 2.30. The normalized spacial score (nSPS) is 11.1. The third kappa shape index (κ3) is 1.33. The highest BCUT2D eigenvalue weighted by molar-refractivity contribution is 5.54. The zero-order valence-corrected chi connectivity index (χ0v) is 8.36. The Morgan fingerprint density at radius 3 is 2.25 bits per heavy atom. The topological polar surface area (TPSA) is 41.8 Å². The lowest BCUT2D eigenvalue weighted by atomic mass is 10.1. The van der Waals surface area contributed by atoms with Crippen LogP contribution in [0.15, 0.2) is 0 Å². The lowest BCUT2D eigenvalue weighted by Gasteiger charge is -2.02. The Bertz CT molecular complexity index is 272. The van der Waals surface area contributed by atoms with Gasteiger partial charge in [-0.15, -0.1) is 0 Å². The van der Waals surface area contributed by atoms with E-state index in [9.17, 15) is 0 Å². The van der Waals surface area contributed by atoms with Crippen molar-refractivity contribution in [1.29, 1.82) is 0 Å². The Hall–Kier alpha value is -0.920. The Morgan fingerprint density at radius 2 is 2.00 bits per heavy atom. The molecule has 3 N–H and O–H groups in total. The van der Waals surface area contributed by atoms with E-state index in [0.29, 0.717) is 5.92 Å². The second kappa shape index (κ2) is 3.21. The van der Waals surface area contributed by atoms with E-state index in [4.69, 9.17) is 5.73 Å². The zero-order valence-electron chi connectivity index (χ0n) is 8.36. The highest BCUT2D eigenvalue weighted by atomic mass is 14.8. The van der Waals surface area contributed by atoms with Crippen molar-refractivity contribution in [3.63, 3.8) is 0 Å². The van der Waals surface area contributed by atoms with Gasteiger partial charge in [-0.2, -0.15) is 0 Å². The van der Waals surface area contributed by atoms with Gasteiger partial charge in [0.2, 0.25) is 0 Å². The lowest BCUT2D eigenvalue weighted by Crippen LogP contribution is -1.91. The van der Waals surface area contributed by atoms with Crippen LogP contribution in [-0.2, 0) is 6.42 Å². The summed E-state index contributed by atoms with van der Waals surface area (Å²) >= 11 is 0. The van der Waals surface area contributed by atoms with Crippen LogP contribution in [0.25, 0.3) is 0 Å². The third-order valence-electron chi connectivity index (χ3n) is 2.35. The van der Waals surface area contributed by atoms with Gasteiger partial charge >= 0.3 is 0 Å². The van der Waals surface area contributed by atoms with E-state index in [0.717, 1.165) is 12.1 Å². The Morgan fingerprint density at radius 1 is 1.42 bits per heavy atom. The Balaban J connectivity index is 3.16. The van der Waals surface area contributed by atoms with Gasteiger partial charge in [0, 0.05) is 11.4 Å². The molecule has 0 aliphatic rings. The summed E-state index contributed by atoms with van der Waals surface area (Å²) < 4.78 is 0. The molecule has 2 nitrogen and oxygen atoms in total. The number of hydrogen-bond donors (Lipinski definition) is 2. The fourth-order valence-electron chi connectivity index (χ4n) is 1.55. The number of rotatable bonds is 2. The van der Waals surface area contributed by atoms with Crippen molar-refractivity contribution in [3.8, 4) is 0 Å². The first-order valence-corrected chi connectivity index (χ1v) is 4.54. The molecule has 1 heterocycles. The molecule has 0 bridgehead atoms. The van der Waals surface area contributed by atoms with Crippen LogP contribution in [0.2, 0.25) is 0 Å². The predicted molar refractivity (Wildman–Crippen MR) is 53.4 cm³/mol. The molecule has 2 heteroatoms. The molecule has 0 saturated carbocycles. The van der Waals surface area contributed by atoms with Crippen molar-refractivity contribution in [2.24, 2.45) is 0 Å². The summed E-state index contributed by atoms with van der Waals surface area (Å²) in [6, 6.07) is 0. The minimum atomic E-state index is 0.535. The summed E-state index contributed by atoms with van der Waals surface area (Å²) in [6.45, 7) is 8.56. The number of aromatic amines is 1. The van der Waals surface area contributed by atoms with Gasteiger partial charge < -0.3 is 10.7 Å². The molecule has 0 spiro atoms. The summed E-state index contributed by atoms with van der Waals surface area (Å²) in [5, 5.41) is 0. The van der Waals surface area contributed by atoms with Crippen molar-refractivity contribution in [2.45, 2.75) is 40.0 Å². The van der Waals surface area contributed by atoms with Crippen LogP contribution < -0.4 is 5.73 Å². The first-order chi connectivity index (χ1) is 5.57. The Labute approximate surface area is 74.2 Å². The summed E-state index contributed by atoms with van der Waals surface area (Å²) in [5.41, 5.74) is 10.5. The Kier molecular flexibility index (Phi) is 2.46. The maximum absolute atomic E-state index is 5.92. The van der Waals surface area contributed by atoms with Crippen LogP contribution in [0.5, 0.6) is 0 Å². The smallest absolute Gasteiger partial charge is 0.0557 e. The van der Waals surface area contributed by atoms with E-state index in [1.54, 1.807) is 0 Å². The van der Waals surface area contributed by atoms with Crippen LogP contribution >= 0.6 is 0 Å². The number of nitrogen functional groups attached to an aromatic ring is 1. The fourth-order valence-corrected chi connectivity index (χ4v) is 1.55. The van der Waals surface area contributed by atoms with Crippen molar-refractivity contribution in [2.75, 3.05) is 5.73 Å². The standard InChI is InChI=1S/C10H18N2/c1-5-8-9(11)7(4)10(12-8)6(2)3/h6,12H,5,11H2,1-4H3. The molecule has 68 valence electrons. The van der Waals surface area contributed by atoms with Crippen molar-refractivity contribution in [1.82, 2.24) is 4.98 Å². The zero-order chi connectivity index (χ0) is 9.30. The number of aryl methyl sites for hydroxylation is 1. The van der Waals surface area contributed by atoms with Crippen molar-refractivity contribution in [3.05, 3.63) is 17.0 Å². The maximum atomic E-state index is 5.92. The molecule has 1 aromatic heterocycles. The molecule has 1 aromatic rings. The van der Waals surface area contributed by atoms with Crippen LogP contribution in [0.3, 0.4) is 0 Å². The monoisotopic (exact) mass is 166 g/mol. The predicted octanol–water partition coefficient (Wildman–Crippen LogP) is 2.59. The molecule has 12 heavy (non-hydrogen) atoms. The summed E-state index contributed by atoms with van der Waals surface area (Å²) in [5.74, 6) is 0.535. The van der Waals surface area contributed by atoms with Gasteiger partial charge in [-0.1, -0.05) is 20.8 Å². The third-order valence-corrected chi connectivity index (χ3v) is 2.35. The van der Waals surface area contributed by atoms with Gasteiger partial charge in [0.25, 0.3) is 0 Å². The van der Waals surface area contributed by atoms with Crippen molar-refractivity contribution >= 4 is 5.69 Å². The highest BCUT2D eigenvalue weighted by Gasteiger charge is 2.11. The highest BCUT2D eigenvalue weighted by Crippen LogP contribution is 2.26. The molecule has 0 saturated heterocycles. The van der Waals surface area contributed by atoms with Crippen LogP contribution in [0, 0.1) is 6.92 Å². The maximum Gasteiger partial charge on any atom is 0.0557 e.